The maximum Gasteiger partial charge on any atom is 0.416 e. The van der Waals surface area contributed by atoms with Gasteiger partial charge in [0.2, 0.25) is 0 Å². The molecule has 0 bridgehead atoms. The predicted molar refractivity (Wildman–Crippen MR) is 125 cm³/mol. The number of alkyl halides is 4. The molecule has 0 radical (unpaired) electrons. The van der Waals surface area contributed by atoms with E-state index in [2.05, 4.69) is 10.3 Å². The highest BCUT2D eigenvalue weighted by atomic mass is 19.4. The molecule has 35 heavy (non-hydrogen) atoms. The van der Waals surface area contributed by atoms with Crippen LogP contribution in [0.1, 0.15) is 38.8 Å². The standard InChI is InChI=1S/C27H22F4N2O2/c1-16-10-11-20(17(2)12-16)22(28)14-33-26(34)25-21-8-3-4-9-23(21)32-15-24(25)35-19-7-5-6-18(13-19)27(29,30)31/h3-13,15,22H,14H2,1-2H3,(H,33,34)/t22-/m0/s1. The number of pyridine rings is 1. The average molecular weight is 482 g/mol. The van der Waals surface area contributed by atoms with Crippen molar-refractivity contribution in [2.24, 2.45) is 0 Å². The highest BCUT2D eigenvalue weighted by molar-refractivity contribution is 6.08. The number of para-hydroxylation sites is 1. The lowest BCUT2D eigenvalue weighted by molar-refractivity contribution is -0.137. The SMILES string of the molecule is Cc1ccc([C@@H](F)CNC(=O)c2c(Oc3cccc(C(F)(F)F)c3)cnc3ccccc23)c(C)c1. The van der Waals surface area contributed by atoms with Gasteiger partial charge in [-0.15, -0.1) is 0 Å². The fourth-order valence-electron chi connectivity index (χ4n) is 3.86. The number of amides is 1. The van der Waals surface area contributed by atoms with Crippen LogP contribution in [0.3, 0.4) is 0 Å². The lowest BCUT2D eigenvalue weighted by atomic mass is 10.0. The number of ether oxygens (including phenoxy) is 1. The summed E-state index contributed by atoms with van der Waals surface area (Å²) in [7, 11) is 0. The van der Waals surface area contributed by atoms with Crippen molar-refractivity contribution in [2.45, 2.75) is 26.2 Å². The monoisotopic (exact) mass is 482 g/mol. The molecule has 4 rings (SSSR count). The Balaban J connectivity index is 1.64. The number of rotatable bonds is 6. The number of fused-ring (bicyclic) bond motifs is 1. The molecule has 0 saturated carbocycles. The summed E-state index contributed by atoms with van der Waals surface area (Å²) in [5.41, 5.74) is 1.90. The lowest BCUT2D eigenvalue weighted by Gasteiger charge is -2.16. The highest BCUT2D eigenvalue weighted by Gasteiger charge is 2.31. The van der Waals surface area contributed by atoms with E-state index in [1.165, 1.54) is 18.3 Å². The van der Waals surface area contributed by atoms with Gasteiger partial charge in [0.05, 0.1) is 29.4 Å². The zero-order chi connectivity index (χ0) is 25.2. The van der Waals surface area contributed by atoms with Crippen molar-refractivity contribution in [3.05, 3.63) is 101 Å². The van der Waals surface area contributed by atoms with Gasteiger partial charge in [0.25, 0.3) is 5.91 Å². The first-order valence-corrected chi connectivity index (χ1v) is 10.9. The molecule has 0 aliphatic heterocycles. The van der Waals surface area contributed by atoms with Crippen LogP contribution in [0.2, 0.25) is 0 Å². The predicted octanol–water partition coefficient (Wildman–Crippen LogP) is 7.10. The van der Waals surface area contributed by atoms with Gasteiger partial charge < -0.3 is 10.1 Å². The van der Waals surface area contributed by atoms with E-state index in [1.807, 2.05) is 13.0 Å². The van der Waals surface area contributed by atoms with Gasteiger partial charge in [-0.05, 0) is 49.2 Å². The maximum atomic E-state index is 15.0. The number of hydrogen-bond donors (Lipinski definition) is 1. The van der Waals surface area contributed by atoms with Gasteiger partial charge in [-0.25, -0.2) is 4.39 Å². The first-order valence-electron chi connectivity index (χ1n) is 10.9. The number of nitrogens with one attached hydrogen (secondary N) is 1. The van der Waals surface area contributed by atoms with E-state index in [1.54, 1.807) is 43.3 Å². The van der Waals surface area contributed by atoms with Crippen molar-refractivity contribution in [1.29, 1.82) is 0 Å². The molecule has 0 unspecified atom stereocenters. The molecular weight excluding hydrogens is 460 g/mol. The summed E-state index contributed by atoms with van der Waals surface area (Å²) in [6, 6.07) is 16.4. The fourth-order valence-corrected chi connectivity index (χ4v) is 3.86. The molecule has 3 aromatic carbocycles. The zero-order valence-corrected chi connectivity index (χ0v) is 19.0. The molecule has 1 heterocycles. The van der Waals surface area contributed by atoms with Crippen LogP contribution in [-0.4, -0.2) is 17.4 Å². The third kappa shape index (κ3) is 5.42. The molecule has 4 aromatic rings. The smallest absolute Gasteiger partial charge is 0.416 e. The van der Waals surface area contributed by atoms with Gasteiger partial charge in [0.15, 0.2) is 5.75 Å². The minimum absolute atomic E-state index is 0.0394. The molecule has 1 N–H and O–H groups in total. The Morgan fingerprint density at radius 3 is 2.54 bits per heavy atom. The van der Waals surface area contributed by atoms with E-state index in [9.17, 15) is 22.4 Å². The van der Waals surface area contributed by atoms with E-state index in [0.29, 0.717) is 16.5 Å². The van der Waals surface area contributed by atoms with E-state index < -0.39 is 23.8 Å². The first kappa shape index (κ1) is 24.2. The lowest BCUT2D eigenvalue weighted by Crippen LogP contribution is -2.28. The molecule has 1 aromatic heterocycles. The third-order valence-corrected chi connectivity index (χ3v) is 5.56. The van der Waals surface area contributed by atoms with Crippen molar-refractivity contribution in [2.75, 3.05) is 6.54 Å². The van der Waals surface area contributed by atoms with Gasteiger partial charge in [0.1, 0.15) is 11.9 Å². The Kier molecular flexibility index (Phi) is 6.73. The summed E-state index contributed by atoms with van der Waals surface area (Å²) in [5, 5.41) is 3.02. The Bertz CT molecular complexity index is 1390. The molecule has 0 aliphatic rings. The summed E-state index contributed by atoms with van der Waals surface area (Å²) in [5.74, 6) is -0.773. The second-order valence-corrected chi connectivity index (χ2v) is 8.18. The third-order valence-electron chi connectivity index (χ3n) is 5.56. The number of halogens is 4. The molecular formula is C27H22F4N2O2. The van der Waals surface area contributed by atoms with Gasteiger partial charge in [-0.3, -0.25) is 9.78 Å². The van der Waals surface area contributed by atoms with Gasteiger partial charge in [0, 0.05) is 5.39 Å². The second kappa shape index (κ2) is 9.74. The Morgan fingerprint density at radius 1 is 1.03 bits per heavy atom. The number of aromatic nitrogens is 1. The number of carbonyl (C=O) groups is 1. The van der Waals surface area contributed by atoms with E-state index in [0.717, 1.165) is 23.3 Å². The molecule has 1 amide bonds. The molecule has 0 spiro atoms. The molecule has 4 nitrogen and oxygen atoms in total. The summed E-state index contributed by atoms with van der Waals surface area (Å²) < 4.78 is 60.0. The van der Waals surface area contributed by atoms with Crippen molar-refractivity contribution < 1.29 is 27.1 Å². The van der Waals surface area contributed by atoms with Crippen molar-refractivity contribution in [1.82, 2.24) is 10.3 Å². The Morgan fingerprint density at radius 2 is 1.80 bits per heavy atom. The number of nitrogens with zero attached hydrogens (tertiary/aromatic N) is 1. The summed E-state index contributed by atoms with van der Waals surface area (Å²) in [6.45, 7) is 3.42. The molecule has 0 aliphatic carbocycles. The topological polar surface area (TPSA) is 51.2 Å². The number of hydrogen-bond acceptors (Lipinski definition) is 3. The summed E-state index contributed by atoms with van der Waals surface area (Å²) in [4.78, 5) is 17.5. The van der Waals surface area contributed by atoms with Crippen LogP contribution in [0.5, 0.6) is 11.5 Å². The van der Waals surface area contributed by atoms with Gasteiger partial charge in [-0.1, -0.05) is 48.0 Å². The minimum Gasteiger partial charge on any atom is -0.455 e. The summed E-state index contributed by atoms with van der Waals surface area (Å²) >= 11 is 0. The van der Waals surface area contributed by atoms with Gasteiger partial charge in [-0.2, -0.15) is 13.2 Å². The van der Waals surface area contributed by atoms with Crippen LogP contribution in [0.4, 0.5) is 17.6 Å². The van der Waals surface area contributed by atoms with Crippen LogP contribution >= 0.6 is 0 Å². The average Bonchev–Trinajstić information content (AvgIpc) is 2.82. The Labute approximate surface area is 199 Å². The summed E-state index contributed by atoms with van der Waals surface area (Å²) in [6.07, 6.45) is -4.72. The van der Waals surface area contributed by atoms with Crippen LogP contribution in [-0.2, 0) is 6.18 Å². The number of benzene rings is 3. The molecule has 8 heteroatoms. The van der Waals surface area contributed by atoms with Crippen molar-refractivity contribution in [3.8, 4) is 11.5 Å². The largest absolute Gasteiger partial charge is 0.455 e. The molecule has 180 valence electrons. The van der Waals surface area contributed by atoms with Crippen LogP contribution in [0.25, 0.3) is 10.9 Å². The number of carbonyl (C=O) groups excluding carboxylic acids is 1. The van der Waals surface area contributed by atoms with E-state index in [-0.39, 0.29) is 23.6 Å². The van der Waals surface area contributed by atoms with E-state index >= 15 is 0 Å². The molecule has 0 saturated heterocycles. The van der Waals surface area contributed by atoms with Gasteiger partial charge >= 0.3 is 6.18 Å². The molecule has 0 fully saturated rings. The van der Waals surface area contributed by atoms with Crippen molar-refractivity contribution in [3.63, 3.8) is 0 Å². The van der Waals surface area contributed by atoms with Crippen LogP contribution in [0, 0.1) is 13.8 Å². The minimum atomic E-state index is -4.55. The Hall–Kier alpha value is -3.94. The fraction of sp³-hybridized carbons (Fsp3) is 0.185. The second-order valence-electron chi connectivity index (χ2n) is 8.18. The van der Waals surface area contributed by atoms with Crippen LogP contribution < -0.4 is 10.1 Å². The zero-order valence-electron chi connectivity index (χ0n) is 19.0. The first-order chi connectivity index (χ1) is 16.6. The normalized spacial score (nSPS) is 12.4. The van der Waals surface area contributed by atoms with E-state index in [4.69, 9.17) is 4.74 Å². The quantitative estimate of drug-likeness (QED) is 0.298. The highest BCUT2D eigenvalue weighted by Crippen LogP contribution is 2.35. The van der Waals surface area contributed by atoms with Crippen molar-refractivity contribution >= 4 is 16.8 Å². The van der Waals surface area contributed by atoms with Crippen LogP contribution in [0.15, 0.2) is 72.9 Å². The maximum absolute atomic E-state index is 15.0. The molecule has 1 atom stereocenters. The number of aryl methyl sites for hydroxylation is 2.